The second-order valence-corrected chi connectivity index (χ2v) is 9.55. The van der Waals surface area contributed by atoms with Gasteiger partial charge in [-0.3, -0.25) is 19.3 Å². The van der Waals surface area contributed by atoms with Gasteiger partial charge in [-0.1, -0.05) is 54.6 Å². The number of ether oxygens (including phenoxy) is 1. The molecule has 0 saturated carbocycles. The summed E-state index contributed by atoms with van der Waals surface area (Å²) in [5, 5.41) is -0.469. The first-order valence-corrected chi connectivity index (χ1v) is 12.4. The molecule has 0 aromatic heterocycles. The van der Waals surface area contributed by atoms with Gasteiger partial charge in [0.1, 0.15) is 24.7 Å². The van der Waals surface area contributed by atoms with E-state index in [1.807, 2.05) is 18.2 Å². The zero-order chi connectivity index (χ0) is 25.1. The SMILES string of the molecule is O=C(CN1C(=O)S/C(=C/c2cccc(OCc3ccccc3F)c2)C1=O)N1CCc2ccccc2C1. The number of halogens is 1. The van der Waals surface area contributed by atoms with Crippen LogP contribution in [0.25, 0.3) is 6.08 Å². The van der Waals surface area contributed by atoms with Gasteiger partial charge in [-0.2, -0.15) is 0 Å². The van der Waals surface area contributed by atoms with Crippen LogP contribution in [0.1, 0.15) is 22.3 Å². The largest absolute Gasteiger partial charge is 0.489 e. The number of carbonyl (C=O) groups is 3. The highest BCUT2D eigenvalue weighted by atomic mass is 32.2. The van der Waals surface area contributed by atoms with Crippen LogP contribution in [0, 0.1) is 5.82 Å². The topological polar surface area (TPSA) is 66.9 Å². The molecular formula is C28H23FN2O4S. The Kier molecular flexibility index (Phi) is 6.86. The number of nitrogens with zero attached hydrogens (tertiary/aromatic N) is 2. The first-order chi connectivity index (χ1) is 17.5. The van der Waals surface area contributed by atoms with Crippen molar-refractivity contribution in [3.8, 4) is 5.75 Å². The lowest BCUT2D eigenvalue weighted by atomic mass is 10.00. The third kappa shape index (κ3) is 5.18. The van der Waals surface area contributed by atoms with Crippen molar-refractivity contribution in [2.24, 2.45) is 0 Å². The van der Waals surface area contributed by atoms with Crippen LogP contribution in [-0.4, -0.2) is 39.9 Å². The summed E-state index contributed by atoms with van der Waals surface area (Å²) in [4.78, 5) is 41.3. The van der Waals surface area contributed by atoms with E-state index in [0.717, 1.165) is 28.6 Å². The minimum atomic E-state index is -0.492. The average molecular weight is 503 g/mol. The second kappa shape index (κ2) is 10.4. The quantitative estimate of drug-likeness (QED) is 0.443. The highest BCUT2D eigenvalue weighted by molar-refractivity contribution is 8.18. The number of hydrogen-bond donors (Lipinski definition) is 0. The van der Waals surface area contributed by atoms with E-state index >= 15 is 0 Å². The van der Waals surface area contributed by atoms with E-state index in [9.17, 15) is 18.8 Å². The predicted molar refractivity (Wildman–Crippen MR) is 135 cm³/mol. The van der Waals surface area contributed by atoms with Crippen molar-refractivity contribution in [3.63, 3.8) is 0 Å². The molecule has 2 heterocycles. The molecule has 0 bridgehead atoms. The fourth-order valence-corrected chi connectivity index (χ4v) is 5.04. The maximum atomic E-state index is 13.8. The molecule has 0 atom stereocenters. The number of hydrogen-bond acceptors (Lipinski definition) is 5. The summed E-state index contributed by atoms with van der Waals surface area (Å²) >= 11 is 0.809. The Bertz CT molecular complexity index is 1370. The lowest BCUT2D eigenvalue weighted by Gasteiger charge is -2.29. The van der Waals surface area contributed by atoms with Crippen LogP contribution < -0.4 is 4.74 Å². The molecule has 36 heavy (non-hydrogen) atoms. The number of benzene rings is 3. The minimum absolute atomic E-state index is 0.0652. The molecule has 182 valence electrons. The summed E-state index contributed by atoms with van der Waals surface area (Å²) in [6, 6.07) is 21.3. The third-order valence-corrected chi connectivity index (χ3v) is 7.07. The number of imide groups is 1. The van der Waals surface area contributed by atoms with Gasteiger partial charge in [-0.15, -0.1) is 0 Å². The highest BCUT2D eigenvalue weighted by Gasteiger charge is 2.37. The van der Waals surface area contributed by atoms with E-state index in [4.69, 9.17) is 4.74 Å². The van der Waals surface area contributed by atoms with E-state index in [-0.39, 0.29) is 29.8 Å². The van der Waals surface area contributed by atoms with Gasteiger partial charge in [-0.05, 0) is 59.1 Å². The number of thioether (sulfide) groups is 1. The maximum absolute atomic E-state index is 13.8. The molecule has 2 aliphatic heterocycles. The van der Waals surface area contributed by atoms with Gasteiger partial charge >= 0.3 is 0 Å². The van der Waals surface area contributed by atoms with Crippen molar-refractivity contribution in [3.05, 3.63) is 106 Å². The summed E-state index contributed by atoms with van der Waals surface area (Å²) < 4.78 is 19.5. The molecule has 1 fully saturated rings. The molecule has 0 spiro atoms. The standard InChI is InChI=1S/C28H23FN2O4S/c29-24-11-4-3-9-22(24)18-35-23-10-5-6-19(14-23)15-25-27(33)31(28(34)36-25)17-26(32)30-13-12-20-7-1-2-8-21(20)16-30/h1-11,14-15H,12-13,16-18H2/b25-15+. The lowest BCUT2D eigenvalue weighted by molar-refractivity contribution is -0.136. The minimum Gasteiger partial charge on any atom is -0.489 e. The fraction of sp³-hybridized carbons (Fsp3) is 0.179. The van der Waals surface area contributed by atoms with Crippen LogP contribution in [0.5, 0.6) is 5.75 Å². The Morgan fingerprint density at radius 1 is 1.00 bits per heavy atom. The van der Waals surface area contributed by atoms with Crippen molar-refractivity contribution >= 4 is 34.9 Å². The predicted octanol–water partition coefficient (Wildman–Crippen LogP) is 5.03. The van der Waals surface area contributed by atoms with Crippen molar-refractivity contribution in [2.75, 3.05) is 13.1 Å². The van der Waals surface area contributed by atoms with Crippen LogP contribution in [0.2, 0.25) is 0 Å². The van der Waals surface area contributed by atoms with Crippen LogP contribution in [0.15, 0.2) is 77.7 Å². The van der Waals surface area contributed by atoms with Crippen molar-refractivity contribution in [1.82, 2.24) is 9.80 Å². The van der Waals surface area contributed by atoms with E-state index in [1.54, 1.807) is 53.4 Å². The Hall–Kier alpha value is -3.91. The molecule has 0 unspecified atom stereocenters. The highest BCUT2D eigenvalue weighted by Crippen LogP contribution is 2.33. The van der Waals surface area contributed by atoms with Gasteiger partial charge < -0.3 is 9.64 Å². The van der Waals surface area contributed by atoms with Gasteiger partial charge in [0.25, 0.3) is 11.1 Å². The van der Waals surface area contributed by atoms with Gasteiger partial charge in [0.05, 0.1) is 4.91 Å². The van der Waals surface area contributed by atoms with Crippen LogP contribution in [-0.2, 0) is 29.2 Å². The van der Waals surface area contributed by atoms with Gasteiger partial charge in [-0.25, -0.2) is 4.39 Å². The molecule has 8 heteroatoms. The summed E-state index contributed by atoms with van der Waals surface area (Å²) in [5.74, 6) is -0.581. The summed E-state index contributed by atoms with van der Waals surface area (Å²) in [6.07, 6.45) is 2.35. The molecule has 2 aliphatic rings. The van der Waals surface area contributed by atoms with E-state index in [0.29, 0.717) is 30.0 Å². The Morgan fingerprint density at radius 2 is 1.78 bits per heavy atom. The smallest absolute Gasteiger partial charge is 0.294 e. The average Bonchev–Trinajstić information content (AvgIpc) is 3.15. The molecule has 0 aliphatic carbocycles. The Morgan fingerprint density at radius 3 is 2.61 bits per heavy atom. The second-order valence-electron chi connectivity index (χ2n) is 8.55. The maximum Gasteiger partial charge on any atom is 0.294 e. The van der Waals surface area contributed by atoms with Crippen molar-refractivity contribution < 1.29 is 23.5 Å². The monoisotopic (exact) mass is 502 g/mol. The van der Waals surface area contributed by atoms with E-state index < -0.39 is 11.1 Å². The summed E-state index contributed by atoms with van der Waals surface area (Å²) in [5.41, 5.74) is 3.40. The normalized spacial score (nSPS) is 16.4. The molecule has 3 aromatic carbocycles. The zero-order valence-electron chi connectivity index (χ0n) is 19.4. The molecule has 5 rings (SSSR count). The fourth-order valence-electron chi connectivity index (χ4n) is 4.20. The third-order valence-electron chi connectivity index (χ3n) is 6.16. The van der Waals surface area contributed by atoms with Crippen molar-refractivity contribution in [2.45, 2.75) is 19.6 Å². The molecule has 3 aromatic rings. The Labute approximate surface area is 212 Å². The Balaban J connectivity index is 1.23. The molecule has 0 radical (unpaired) electrons. The number of amides is 3. The molecular weight excluding hydrogens is 479 g/mol. The zero-order valence-corrected chi connectivity index (χ0v) is 20.2. The first kappa shape index (κ1) is 23.8. The van der Waals surface area contributed by atoms with Crippen LogP contribution in [0.3, 0.4) is 0 Å². The molecule has 0 N–H and O–H groups in total. The first-order valence-electron chi connectivity index (χ1n) is 11.5. The summed E-state index contributed by atoms with van der Waals surface area (Å²) in [6.45, 7) is 0.814. The number of carbonyl (C=O) groups excluding carboxylic acids is 3. The molecule has 6 nitrogen and oxygen atoms in total. The van der Waals surface area contributed by atoms with Crippen molar-refractivity contribution in [1.29, 1.82) is 0 Å². The van der Waals surface area contributed by atoms with Gasteiger partial charge in [0.15, 0.2) is 0 Å². The van der Waals surface area contributed by atoms with Gasteiger partial charge in [0.2, 0.25) is 5.91 Å². The lowest BCUT2D eigenvalue weighted by Crippen LogP contribution is -2.44. The van der Waals surface area contributed by atoms with Crippen LogP contribution in [0.4, 0.5) is 9.18 Å². The van der Waals surface area contributed by atoms with Gasteiger partial charge in [0, 0.05) is 18.7 Å². The van der Waals surface area contributed by atoms with Crippen LogP contribution >= 0.6 is 11.8 Å². The molecule has 3 amide bonds. The summed E-state index contributed by atoms with van der Waals surface area (Å²) in [7, 11) is 0. The van der Waals surface area contributed by atoms with E-state index in [1.165, 1.54) is 11.6 Å². The number of fused-ring (bicyclic) bond motifs is 1. The molecule has 1 saturated heterocycles. The number of rotatable bonds is 6. The van der Waals surface area contributed by atoms with E-state index in [2.05, 4.69) is 6.07 Å².